The quantitative estimate of drug-likeness (QED) is 0.230. The SMILES string of the molecule is CC1(CNC(=O)Nc2cc(F)c(Oc3ccnc4c3c(Cl)cn4COCC[Si](C)(C)C)c(F)c2)COC1. The first-order valence-electron chi connectivity index (χ1n) is 11.9. The van der Waals surface area contributed by atoms with E-state index in [1.165, 1.54) is 12.3 Å². The van der Waals surface area contributed by atoms with Crippen molar-refractivity contribution < 1.29 is 27.8 Å². The Morgan fingerprint density at radius 3 is 2.59 bits per heavy atom. The van der Waals surface area contributed by atoms with Crippen LogP contribution in [0.25, 0.3) is 11.0 Å². The van der Waals surface area contributed by atoms with Gasteiger partial charge in [0, 0.05) is 56.9 Å². The zero-order chi connectivity index (χ0) is 26.8. The summed E-state index contributed by atoms with van der Waals surface area (Å²) in [5, 5.41) is 5.84. The highest BCUT2D eigenvalue weighted by atomic mass is 35.5. The van der Waals surface area contributed by atoms with Crippen molar-refractivity contribution in [3.8, 4) is 11.5 Å². The van der Waals surface area contributed by atoms with Gasteiger partial charge in [0.25, 0.3) is 0 Å². The van der Waals surface area contributed by atoms with Crippen LogP contribution in [0.1, 0.15) is 6.92 Å². The first-order valence-corrected chi connectivity index (χ1v) is 16.0. The number of hydrogen-bond donors (Lipinski definition) is 2. The molecule has 0 aliphatic carbocycles. The summed E-state index contributed by atoms with van der Waals surface area (Å²) in [4.78, 5) is 16.5. The molecule has 0 spiro atoms. The highest BCUT2D eigenvalue weighted by Crippen LogP contribution is 2.37. The van der Waals surface area contributed by atoms with E-state index in [0.29, 0.717) is 42.4 Å². The molecule has 3 aromatic rings. The molecule has 1 fully saturated rings. The Labute approximate surface area is 220 Å². The fraction of sp³-hybridized carbons (Fsp3) is 0.440. The summed E-state index contributed by atoms with van der Waals surface area (Å²) in [6.45, 7) is 11.1. The van der Waals surface area contributed by atoms with E-state index in [0.717, 1.165) is 18.2 Å². The summed E-state index contributed by atoms with van der Waals surface area (Å²) in [6.07, 6.45) is 3.12. The predicted octanol–water partition coefficient (Wildman–Crippen LogP) is 6.23. The Kier molecular flexibility index (Phi) is 8.07. The third kappa shape index (κ3) is 6.78. The highest BCUT2D eigenvalue weighted by molar-refractivity contribution is 6.76. The van der Waals surface area contributed by atoms with E-state index in [-0.39, 0.29) is 23.6 Å². The largest absolute Gasteiger partial charge is 0.450 e. The van der Waals surface area contributed by atoms with Gasteiger partial charge in [0.05, 0.1) is 23.6 Å². The Balaban J connectivity index is 1.46. The molecule has 2 aromatic heterocycles. The topological polar surface area (TPSA) is 86.6 Å². The highest BCUT2D eigenvalue weighted by Gasteiger charge is 2.33. The summed E-state index contributed by atoms with van der Waals surface area (Å²) in [6, 6.07) is 3.90. The monoisotopic (exact) mass is 552 g/mol. The molecule has 0 radical (unpaired) electrons. The maximum absolute atomic E-state index is 14.9. The molecular weight excluding hydrogens is 522 g/mol. The third-order valence-corrected chi connectivity index (χ3v) is 7.94. The number of nitrogens with one attached hydrogen (secondary N) is 2. The van der Waals surface area contributed by atoms with Gasteiger partial charge in [-0.05, 0) is 12.1 Å². The van der Waals surface area contributed by atoms with Gasteiger partial charge < -0.3 is 29.4 Å². The Bertz CT molecular complexity index is 1270. The van der Waals surface area contributed by atoms with Crippen molar-refractivity contribution >= 4 is 42.4 Å². The summed E-state index contributed by atoms with van der Waals surface area (Å²) in [5.41, 5.74) is 0.285. The first-order chi connectivity index (χ1) is 17.4. The molecule has 2 N–H and O–H groups in total. The Hall–Kier alpha value is -2.73. The van der Waals surface area contributed by atoms with Gasteiger partial charge >= 0.3 is 6.03 Å². The molecule has 0 saturated carbocycles. The molecule has 0 unspecified atom stereocenters. The minimum Gasteiger partial charge on any atom is -0.450 e. The van der Waals surface area contributed by atoms with Gasteiger partial charge in [-0.2, -0.15) is 0 Å². The second-order valence-electron chi connectivity index (χ2n) is 10.8. The molecule has 8 nitrogen and oxygen atoms in total. The lowest BCUT2D eigenvalue weighted by Gasteiger charge is -2.37. The van der Waals surface area contributed by atoms with Gasteiger partial charge in [-0.1, -0.05) is 38.2 Å². The number of amides is 2. The molecule has 0 bridgehead atoms. The van der Waals surface area contributed by atoms with E-state index in [2.05, 4.69) is 35.3 Å². The first kappa shape index (κ1) is 27.3. The lowest BCUT2D eigenvalue weighted by atomic mass is 9.89. The summed E-state index contributed by atoms with van der Waals surface area (Å²) in [7, 11) is -1.23. The maximum atomic E-state index is 14.9. The zero-order valence-corrected chi connectivity index (χ0v) is 23.0. The number of fused-ring (bicyclic) bond motifs is 1. The van der Waals surface area contributed by atoms with Gasteiger partial charge in [-0.25, -0.2) is 18.6 Å². The molecule has 1 aliphatic rings. The molecule has 37 heavy (non-hydrogen) atoms. The van der Waals surface area contributed by atoms with Crippen molar-refractivity contribution in [2.45, 2.75) is 39.3 Å². The van der Waals surface area contributed by atoms with Crippen LogP contribution in [-0.2, 0) is 16.2 Å². The van der Waals surface area contributed by atoms with Crippen LogP contribution in [0.3, 0.4) is 0 Å². The fourth-order valence-electron chi connectivity index (χ4n) is 3.72. The van der Waals surface area contributed by atoms with E-state index >= 15 is 0 Å². The van der Waals surface area contributed by atoms with Crippen LogP contribution < -0.4 is 15.4 Å². The molecular formula is C25H31ClF2N4O4Si. The number of benzene rings is 1. The molecule has 4 rings (SSSR count). The number of aromatic nitrogens is 2. The van der Waals surface area contributed by atoms with Crippen molar-refractivity contribution in [1.29, 1.82) is 0 Å². The molecule has 2 amide bonds. The lowest BCUT2D eigenvalue weighted by molar-refractivity contribution is -0.0974. The van der Waals surface area contributed by atoms with Crippen LogP contribution in [0.15, 0.2) is 30.6 Å². The Morgan fingerprint density at radius 2 is 1.97 bits per heavy atom. The van der Waals surface area contributed by atoms with E-state index < -0.39 is 31.5 Å². The lowest BCUT2D eigenvalue weighted by Crippen LogP contribution is -2.49. The maximum Gasteiger partial charge on any atom is 0.319 e. The standard InChI is InChI=1S/C25H31ClF2N4O4Si/c1-25(13-35-14-25)12-30-24(33)31-16-9-18(27)22(19(28)10-16)36-20-5-6-29-23-21(20)17(26)11-32(23)15-34-7-8-37(2,3)4/h5-6,9-11H,7-8,12-15H2,1-4H3,(H2,30,31,33). The smallest absolute Gasteiger partial charge is 0.319 e. The zero-order valence-electron chi connectivity index (χ0n) is 21.3. The number of carbonyl (C=O) groups excluding carboxylic acids is 1. The van der Waals surface area contributed by atoms with Crippen LogP contribution in [0.5, 0.6) is 11.5 Å². The van der Waals surface area contributed by atoms with Crippen molar-refractivity contribution in [2.75, 3.05) is 31.7 Å². The van der Waals surface area contributed by atoms with Gasteiger partial charge in [-0.15, -0.1) is 0 Å². The number of pyridine rings is 1. The number of anilines is 1. The predicted molar refractivity (Wildman–Crippen MR) is 141 cm³/mol. The molecule has 12 heteroatoms. The fourth-order valence-corrected chi connectivity index (χ4v) is 4.78. The van der Waals surface area contributed by atoms with Gasteiger partial charge in [0.2, 0.25) is 0 Å². The van der Waals surface area contributed by atoms with E-state index in [9.17, 15) is 13.6 Å². The van der Waals surface area contributed by atoms with Crippen LogP contribution in [0, 0.1) is 17.0 Å². The number of rotatable bonds is 10. The molecule has 200 valence electrons. The Morgan fingerprint density at radius 1 is 1.27 bits per heavy atom. The molecule has 1 aliphatic heterocycles. The van der Waals surface area contributed by atoms with Gasteiger partial charge in [-0.3, -0.25) is 0 Å². The molecule has 1 saturated heterocycles. The normalized spacial score (nSPS) is 14.9. The number of ether oxygens (including phenoxy) is 3. The summed E-state index contributed by atoms with van der Waals surface area (Å²) < 4.78 is 48.0. The third-order valence-electron chi connectivity index (χ3n) is 5.94. The van der Waals surface area contributed by atoms with Crippen molar-refractivity contribution in [1.82, 2.24) is 14.9 Å². The number of urea groups is 1. The number of carbonyl (C=O) groups is 1. The minimum absolute atomic E-state index is 0.0469. The van der Waals surface area contributed by atoms with Crippen molar-refractivity contribution in [3.63, 3.8) is 0 Å². The van der Waals surface area contributed by atoms with E-state index in [1.54, 1.807) is 10.8 Å². The molecule has 3 heterocycles. The van der Waals surface area contributed by atoms with Crippen LogP contribution >= 0.6 is 11.6 Å². The number of halogens is 3. The molecule has 1 aromatic carbocycles. The van der Waals surface area contributed by atoms with Crippen LogP contribution in [-0.4, -0.2) is 50.0 Å². The average Bonchev–Trinajstić information content (AvgIpc) is 3.12. The number of nitrogens with zero attached hydrogens (tertiary/aromatic N) is 2. The van der Waals surface area contributed by atoms with Gasteiger partial charge in [0.1, 0.15) is 18.1 Å². The van der Waals surface area contributed by atoms with Crippen LogP contribution in [0.2, 0.25) is 30.7 Å². The second kappa shape index (κ2) is 10.9. The average molecular weight is 553 g/mol. The van der Waals surface area contributed by atoms with Gasteiger partial charge in [0.15, 0.2) is 17.4 Å². The summed E-state index contributed by atoms with van der Waals surface area (Å²) in [5.74, 6) is -2.44. The van der Waals surface area contributed by atoms with E-state index in [4.69, 9.17) is 25.8 Å². The second-order valence-corrected chi connectivity index (χ2v) is 16.8. The molecule has 0 atom stereocenters. The van der Waals surface area contributed by atoms with Crippen molar-refractivity contribution in [2.24, 2.45) is 5.41 Å². The minimum atomic E-state index is -1.23. The summed E-state index contributed by atoms with van der Waals surface area (Å²) >= 11 is 6.43. The van der Waals surface area contributed by atoms with E-state index in [1.807, 2.05) is 6.92 Å². The van der Waals surface area contributed by atoms with Crippen molar-refractivity contribution in [3.05, 3.63) is 47.2 Å². The van der Waals surface area contributed by atoms with Crippen LogP contribution in [0.4, 0.5) is 19.3 Å². The number of hydrogen-bond acceptors (Lipinski definition) is 5.